The van der Waals surface area contributed by atoms with Crippen molar-refractivity contribution in [3.8, 4) is 0 Å². The normalized spacial score (nSPS) is 11.4. The minimum absolute atomic E-state index is 0.0358. The number of amides is 1. The number of hydrogen-bond donors (Lipinski definition) is 2. The largest absolute Gasteiger partial charge is 0.321 e. The van der Waals surface area contributed by atoms with E-state index in [1.54, 1.807) is 26.0 Å². The molecule has 0 saturated heterocycles. The molecular formula is C20H18F2N4O3S2. The predicted octanol–water partition coefficient (Wildman–Crippen LogP) is 4.46. The van der Waals surface area contributed by atoms with Crippen LogP contribution in [0.25, 0.3) is 0 Å². The molecule has 0 saturated carbocycles. The van der Waals surface area contributed by atoms with Crippen LogP contribution in [0.1, 0.15) is 21.7 Å². The van der Waals surface area contributed by atoms with Crippen molar-refractivity contribution in [2.45, 2.75) is 29.4 Å². The van der Waals surface area contributed by atoms with Gasteiger partial charge in [0.15, 0.2) is 0 Å². The Kier molecular flexibility index (Phi) is 6.86. The topological polar surface area (TPSA) is 101 Å². The van der Waals surface area contributed by atoms with E-state index < -0.39 is 21.7 Å². The van der Waals surface area contributed by atoms with E-state index in [9.17, 15) is 22.0 Å². The molecule has 11 heteroatoms. The molecule has 0 fully saturated rings. The summed E-state index contributed by atoms with van der Waals surface area (Å²) in [4.78, 5) is 20.6. The van der Waals surface area contributed by atoms with Crippen molar-refractivity contribution in [1.82, 2.24) is 9.97 Å². The van der Waals surface area contributed by atoms with Crippen LogP contribution in [-0.4, -0.2) is 30.1 Å². The Labute approximate surface area is 182 Å². The molecule has 2 N–H and O–H groups in total. The van der Waals surface area contributed by atoms with Gasteiger partial charge in [0, 0.05) is 22.5 Å². The van der Waals surface area contributed by atoms with E-state index in [4.69, 9.17) is 0 Å². The lowest BCUT2D eigenvalue weighted by atomic mass is 10.2. The summed E-state index contributed by atoms with van der Waals surface area (Å²) < 4.78 is 53.0. The molecule has 2 aromatic carbocycles. The van der Waals surface area contributed by atoms with Crippen molar-refractivity contribution in [2.75, 3.05) is 10.0 Å². The van der Waals surface area contributed by atoms with Crippen molar-refractivity contribution in [3.05, 3.63) is 71.8 Å². The van der Waals surface area contributed by atoms with Crippen molar-refractivity contribution >= 4 is 39.1 Å². The SMILES string of the molecule is Cc1cnc(C(=O)Nc2ccc(C)c(S(=O)(=O)Nc3ccc(SC(F)F)cc3)c2)cn1. The summed E-state index contributed by atoms with van der Waals surface area (Å²) in [7, 11) is -3.99. The molecule has 0 bridgehead atoms. The van der Waals surface area contributed by atoms with Crippen LogP contribution >= 0.6 is 11.8 Å². The Balaban J connectivity index is 1.79. The van der Waals surface area contributed by atoms with Gasteiger partial charge >= 0.3 is 0 Å². The molecule has 0 aliphatic rings. The van der Waals surface area contributed by atoms with E-state index in [2.05, 4.69) is 20.0 Å². The summed E-state index contributed by atoms with van der Waals surface area (Å²) in [6.45, 7) is 3.36. The Hall–Kier alpha value is -3.05. The van der Waals surface area contributed by atoms with Crippen molar-refractivity contribution in [3.63, 3.8) is 0 Å². The number of carbonyl (C=O) groups excluding carboxylic acids is 1. The maximum absolute atomic E-state index is 12.9. The molecule has 1 amide bonds. The highest BCUT2D eigenvalue weighted by atomic mass is 32.2. The predicted molar refractivity (Wildman–Crippen MR) is 115 cm³/mol. The number of rotatable bonds is 7. The summed E-state index contributed by atoms with van der Waals surface area (Å²) >= 11 is 0.370. The van der Waals surface area contributed by atoms with E-state index in [0.717, 1.165) is 0 Å². The number of anilines is 2. The zero-order chi connectivity index (χ0) is 22.6. The maximum atomic E-state index is 12.9. The zero-order valence-electron chi connectivity index (χ0n) is 16.5. The third-order valence-corrected chi connectivity index (χ3v) is 6.33. The first kappa shape index (κ1) is 22.6. The van der Waals surface area contributed by atoms with Gasteiger partial charge in [-0.1, -0.05) is 17.8 Å². The molecule has 0 spiro atoms. The van der Waals surface area contributed by atoms with Gasteiger partial charge in [-0.25, -0.2) is 13.4 Å². The molecule has 1 heterocycles. The molecule has 0 atom stereocenters. The van der Waals surface area contributed by atoms with Gasteiger partial charge in [-0.2, -0.15) is 8.78 Å². The molecule has 3 rings (SSSR count). The van der Waals surface area contributed by atoms with Crippen LogP contribution < -0.4 is 10.0 Å². The highest BCUT2D eigenvalue weighted by Gasteiger charge is 2.19. The van der Waals surface area contributed by atoms with E-state index in [0.29, 0.717) is 27.9 Å². The number of aryl methyl sites for hydroxylation is 2. The molecule has 1 aromatic heterocycles. The van der Waals surface area contributed by atoms with Crippen molar-refractivity contribution in [2.24, 2.45) is 0 Å². The molecule has 0 aliphatic carbocycles. The number of thioether (sulfide) groups is 1. The van der Waals surface area contributed by atoms with E-state index >= 15 is 0 Å². The number of nitrogens with zero attached hydrogens (tertiary/aromatic N) is 2. The number of benzene rings is 2. The number of carbonyl (C=O) groups is 1. The van der Waals surface area contributed by atoms with Crippen molar-refractivity contribution < 1.29 is 22.0 Å². The lowest BCUT2D eigenvalue weighted by Crippen LogP contribution is -2.17. The highest BCUT2D eigenvalue weighted by molar-refractivity contribution is 7.99. The van der Waals surface area contributed by atoms with Crippen LogP contribution in [0.4, 0.5) is 20.2 Å². The fraction of sp³-hybridized carbons (Fsp3) is 0.150. The van der Waals surface area contributed by atoms with Gasteiger partial charge in [0.25, 0.3) is 21.7 Å². The Morgan fingerprint density at radius 3 is 2.29 bits per heavy atom. The summed E-state index contributed by atoms with van der Waals surface area (Å²) in [6, 6.07) is 10.1. The van der Waals surface area contributed by atoms with Gasteiger partial charge in [0.05, 0.1) is 16.8 Å². The first-order chi connectivity index (χ1) is 14.6. The Morgan fingerprint density at radius 2 is 1.68 bits per heavy atom. The van der Waals surface area contributed by atoms with Crippen LogP contribution in [-0.2, 0) is 10.0 Å². The first-order valence-corrected chi connectivity index (χ1v) is 11.3. The van der Waals surface area contributed by atoms with Gasteiger partial charge in [-0.3, -0.25) is 14.5 Å². The molecule has 3 aromatic rings. The molecule has 0 aliphatic heterocycles. The number of hydrogen-bond acceptors (Lipinski definition) is 6. The van der Waals surface area contributed by atoms with Crippen LogP contribution in [0.3, 0.4) is 0 Å². The fourth-order valence-electron chi connectivity index (χ4n) is 2.59. The Morgan fingerprint density at radius 1 is 1.00 bits per heavy atom. The monoisotopic (exact) mass is 464 g/mol. The highest BCUT2D eigenvalue weighted by Crippen LogP contribution is 2.28. The standard InChI is InChI=1S/C20H18F2N4O3S2/c1-12-3-4-15(25-19(27)17-11-23-13(2)10-24-17)9-18(12)31(28,29)26-14-5-7-16(8-6-14)30-20(21)22/h3-11,20,26H,1-2H3,(H,25,27). The second-order valence-corrected chi connectivity index (χ2v) is 9.20. The van der Waals surface area contributed by atoms with Crippen LogP contribution in [0.15, 0.2) is 64.6 Å². The number of halogens is 2. The van der Waals surface area contributed by atoms with Crippen LogP contribution in [0.5, 0.6) is 0 Å². The second kappa shape index (κ2) is 9.40. The molecule has 0 radical (unpaired) electrons. The summed E-state index contributed by atoms with van der Waals surface area (Å²) in [5, 5.41) is 2.60. The number of sulfonamides is 1. The second-order valence-electron chi connectivity index (χ2n) is 6.49. The van der Waals surface area contributed by atoms with Gasteiger partial charge in [0.2, 0.25) is 0 Å². The number of alkyl halides is 2. The lowest BCUT2D eigenvalue weighted by Gasteiger charge is -2.13. The zero-order valence-corrected chi connectivity index (χ0v) is 18.1. The van der Waals surface area contributed by atoms with E-state index in [1.807, 2.05) is 0 Å². The van der Waals surface area contributed by atoms with Gasteiger partial charge in [-0.15, -0.1) is 0 Å². The third-order valence-electron chi connectivity index (χ3n) is 4.08. The molecule has 7 nitrogen and oxygen atoms in total. The van der Waals surface area contributed by atoms with Gasteiger partial charge in [0.1, 0.15) is 5.69 Å². The smallest absolute Gasteiger partial charge is 0.288 e. The minimum Gasteiger partial charge on any atom is -0.321 e. The van der Waals surface area contributed by atoms with Gasteiger partial charge < -0.3 is 5.32 Å². The minimum atomic E-state index is -3.99. The van der Waals surface area contributed by atoms with E-state index in [1.165, 1.54) is 42.7 Å². The molecule has 162 valence electrons. The van der Waals surface area contributed by atoms with E-state index in [-0.39, 0.29) is 22.0 Å². The summed E-state index contributed by atoms with van der Waals surface area (Å²) in [5.74, 6) is -3.09. The third kappa shape index (κ3) is 5.98. The van der Waals surface area contributed by atoms with Crippen LogP contribution in [0, 0.1) is 13.8 Å². The maximum Gasteiger partial charge on any atom is 0.288 e. The summed E-state index contributed by atoms with van der Waals surface area (Å²) in [5.41, 5.74) is 1.71. The Bertz CT molecular complexity index is 1190. The first-order valence-electron chi connectivity index (χ1n) is 8.92. The quantitative estimate of drug-likeness (QED) is 0.501. The van der Waals surface area contributed by atoms with Crippen LogP contribution in [0.2, 0.25) is 0 Å². The lowest BCUT2D eigenvalue weighted by molar-refractivity contribution is 0.102. The molecule has 0 unspecified atom stereocenters. The molecule has 31 heavy (non-hydrogen) atoms. The van der Waals surface area contributed by atoms with Crippen molar-refractivity contribution in [1.29, 1.82) is 0 Å². The average molecular weight is 465 g/mol. The van der Waals surface area contributed by atoms with Gasteiger partial charge in [-0.05, 0) is 55.8 Å². The molecular weight excluding hydrogens is 446 g/mol. The summed E-state index contributed by atoms with van der Waals surface area (Å²) in [6.07, 6.45) is 2.78. The fourth-order valence-corrected chi connectivity index (χ4v) is 4.42. The number of nitrogens with one attached hydrogen (secondary N) is 2. The number of aromatic nitrogens is 2. The average Bonchev–Trinajstić information content (AvgIpc) is 2.70.